The maximum atomic E-state index is 15.3. The Bertz CT molecular complexity index is 3580. The number of fused-ring (bicyclic) bond motifs is 6. The van der Waals surface area contributed by atoms with Crippen LogP contribution in [0.15, 0.2) is 113 Å². The van der Waals surface area contributed by atoms with Crippen molar-refractivity contribution in [1.82, 2.24) is 29.4 Å². The molecule has 0 radical (unpaired) electrons. The van der Waals surface area contributed by atoms with E-state index in [0.29, 0.717) is 80.1 Å². The number of amidine groups is 2. The quantitative estimate of drug-likeness (QED) is 0.177. The Morgan fingerprint density at radius 2 is 1.41 bits per heavy atom. The van der Waals surface area contributed by atoms with Crippen LogP contribution in [0.5, 0.6) is 0 Å². The Morgan fingerprint density at radius 3 is 2.14 bits per heavy atom. The van der Waals surface area contributed by atoms with Gasteiger partial charge in [-0.2, -0.15) is 31.6 Å². The Kier molecular flexibility index (Phi) is 9.19. The summed E-state index contributed by atoms with van der Waals surface area (Å²) in [5.74, 6) is 3.05. The number of para-hydroxylation sites is 1. The summed E-state index contributed by atoms with van der Waals surface area (Å²) < 4.78 is 92.1. The largest absolute Gasteiger partial charge is 0.417 e. The first-order valence-corrected chi connectivity index (χ1v) is 20.1. The summed E-state index contributed by atoms with van der Waals surface area (Å²) in [6.07, 6.45) is -4.03. The Hall–Kier alpha value is -7.86. The van der Waals surface area contributed by atoms with E-state index in [1.54, 1.807) is 37.5 Å². The van der Waals surface area contributed by atoms with Crippen LogP contribution in [0.3, 0.4) is 0 Å². The van der Waals surface area contributed by atoms with Crippen molar-refractivity contribution in [3.63, 3.8) is 0 Å². The van der Waals surface area contributed by atoms with Gasteiger partial charge in [-0.1, -0.05) is 60.7 Å². The maximum Gasteiger partial charge on any atom is 0.417 e. The van der Waals surface area contributed by atoms with E-state index < -0.39 is 29.0 Å². The smallest absolute Gasteiger partial charge is 0.328 e. The minimum atomic E-state index is -5.22. The second-order valence-corrected chi connectivity index (χ2v) is 15.7. The lowest BCUT2D eigenvalue weighted by molar-refractivity contribution is -0.142. The molecular formula is C49H33F6N9. The Morgan fingerprint density at radius 1 is 0.672 bits per heavy atom. The first kappa shape index (κ1) is 40.2. The van der Waals surface area contributed by atoms with Gasteiger partial charge in [0.05, 0.1) is 50.0 Å². The SMILES string of the molecule is CC1=NC(=c2ccc3c4c(n(-c5cc(-c6ccc(C(F)(F)F)cc6C(F)(F)F)c(-n6c7ccccc7c7ccc(-c8nc(C)nc(C)n8)cc76)cc5C#N)c3c2)=CC=CC4)NC(C)=N1. The number of rotatable bonds is 4. The van der Waals surface area contributed by atoms with Crippen molar-refractivity contribution in [3.8, 4) is 40.0 Å². The van der Waals surface area contributed by atoms with Gasteiger partial charge in [-0.25, -0.2) is 24.9 Å². The molecule has 64 heavy (non-hydrogen) atoms. The second kappa shape index (κ2) is 14.6. The lowest BCUT2D eigenvalue weighted by Gasteiger charge is -2.22. The number of hydrogen-bond acceptors (Lipinski definition) is 7. The van der Waals surface area contributed by atoms with E-state index in [9.17, 15) is 18.4 Å². The van der Waals surface area contributed by atoms with Crippen molar-refractivity contribution in [2.75, 3.05) is 0 Å². The van der Waals surface area contributed by atoms with Crippen LogP contribution >= 0.6 is 0 Å². The third kappa shape index (κ3) is 6.69. The number of benzene rings is 5. The number of aromatic nitrogens is 5. The molecule has 0 saturated carbocycles. The molecule has 3 aromatic heterocycles. The number of halogens is 6. The first-order chi connectivity index (χ1) is 30.6. The van der Waals surface area contributed by atoms with Crippen molar-refractivity contribution in [2.24, 2.45) is 9.98 Å². The van der Waals surface area contributed by atoms with Gasteiger partial charge in [0.1, 0.15) is 35.2 Å². The zero-order valence-electron chi connectivity index (χ0n) is 34.4. The molecule has 1 aliphatic carbocycles. The Balaban J connectivity index is 1.35. The summed E-state index contributed by atoms with van der Waals surface area (Å²) in [6, 6.07) is 25.6. The summed E-state index contributed by atoms with van der Waals surface area (Å²) in [4.78, 5) is 22.4. The highest BCUT2D eigenvalue weighted by molar-refractivity contribution is 6.11. The number of alkyl halides is 6. The van der Waals surface area contributed by atoms with Gasteiger partial charge >= 0.3 is 12.4 Å². The molecule has 0 saturated heterocycles. The Labute approximate surface area is 360 Å². The highest BCUT2D eigenvalue weighted by atomic mass is 19.4. The fourth-order valence-corrected chi connectivity index (χ4v) is 8.87. The van der Waals surface area contributed by atoms with E-state index in [0.717, 1.165) is 27.8 Å². The van der Waals surface area contributed by atoms with Crippen molar-refractivity contribution in [2.45, 2.75) is 46.5 Å². The molecule has 4 heterocycles. The van der Waals surface area contributed by atoms with E-state index >= 15 is 13.2 Å². The summed E-state index contributed by atoms with van der Waals surface area (Å²) in [5.41, 5.74) is 0.188. The third-order valence-corrected chi connectivity index (χ3v) is 11.5. The van der Waals surface area contributed by atoms with E-state index in [1.165, 1.54) is 12.1 Å². The molecule has 5 aromatic carbocycles. The lowest BCUT2D eigenvalue weighted by Crippen LogP contribution is -2.28. The zero-order chi connectivity index (χ0) is 44.8. The van der Waals surface area contributed by atoms with Gasteiger partial charge in [-0.15, -0.1) is 0 Å². The van der Waals surface area contributed by atoms with Crippen molar-refractivity contribution in [3.05, 3.63) is 148 Å². The fraction of sp³-hybridized carbons (Fsp3) is 0.143. The predicted octanol–water partition coefficient (Wildman–Crippen LogP) is 10.2. The van der Waals surface area contributed by atoms with Gasteiger partial charge in [0.15, 0.2) is 5.82 Å². The number of allylic oxidation sites excluding steroid dienone is 2. The van der Waals surface area contributed by atoms with Crippen LogP contribution in [0.1, 0.15) is 47.8 Å². The standard InChI is InChI=1S/C49H33F6N9/c1-25-57-26(2)60-46(59-25)29-13-16-36-34-9-5-7-11-40(34)63(43(36)19-29)42-23-38(33-18-15-32(48(50,51)52)22-39(33)49(53,54)55)45(21-31(42)24-56)64-41-12-8-6-10-35(41)37-17-14-30(20-44(37)64)47-61-27(3)58-28(4)62-47/h5-8,10-23H,9H2,1-4H3,(H,57,59,60). The molecule has 0 amide bonds. The molecule has 1 aliphatic heterocycles. The molecule has 0 bridgehead atoms. The first-order valence-electron chi connectivity index (χ1n) is 20.1. The van der Waals surface area contributed by atoms with E-state index in [4.69, 9.17) is 0 Å². The summed E-state index contributed by atoms with van der Waals surface area (Å²) in [6.45, 7) is 7.06. The molecular weight excluding hydrogens is 829 g/mol. The van der Waals surface area contributed by atoms with Gasteiger partial charge in [0.2, 0.25) is 0 Å². The molecule has 10 rings (SSSR count). The third-order valence-electron chi connectivity index (χ3n) is 11.5. The normalized spacial score (nSPS) is 14.9. The predicted molar refractivity (Wildman–Crippen MR) is 235 cm³/mol. The molecule has 0 unspecified atom stereocenters. The summed E-state index contributed by atoms with van der Waals surface area (Å²) in [7, 11) is 0. The van der Waals surface area contributed by atoms with Gasteiger partial charge in [-0.3, -0.25) is 0 Å². The number of hydrogen-bond donors (Lipinski definition) is 1. The van der Waals surface area contributed by atoms with Crippen molar-refractivity contribution >= 4 is 56.3 Å². The number of nitriles is 1. The minimum Gasteiger partial charge on any atom is -0.328 e. The zero-order valence-corrected chi connectivity index (χ0v) is 34.4. The van der Waals surface area contributed by atoms with Crippen molar-refractivity contribution in [1.29, 1.82) is 5.26 Å². The molecule has 0 spiro atoms. The molecule has 2 aliphatic rings. The van der Waals surface area contributed by atoms with Crippen LogP contribution in [0.25, 0.3) is 78.5 Å². The highest BCUT2D eigenvalue weighted by Gasteiger charge is 2.39. The number of nitrogens with one attached hydrogen (secondary N) is 1. The van der Waals surface area contributed by atoms with E-state index in [2.05, 4.69) is 36.3 Å². The average Bonchev–Trinajstić information content (AvgIpc) is 3.76. The van der Waals surface area contributed by atoms with Gasteiger partial charge in [0, 0.05) is 32.5 Å². The van der Waals surface area contributed by atoms with Crippen LogP contribution in [0.2, 0.25) is 0 Å². The lowest BCUT2D eigenvalue weighted by atomic mass is 9.93. The van der Waals surface area contributed by atoms with Crippen LogP contribution in [-0.4, -0.2) is 35.8 Å². The summed E-state index contributed by atoms with van der Waals surface area (Å²) in [5, 5.41) is 18.0. The number of nitrogens with zero attached hydrogens (tertiary/aromatic N) is 8. The molecule has 0 fully saturated rings. The fourth-order valence-electron chi connectivity index (χ4n) is 8.87. The molecule has 9 nitrogen and oxygen atoms in total. The van der Waals surface area contributed by atoms with E-state index in [-0.39, 0.29) is 28.6 Å². The van der Waals surface area contributed by atoms with Crippen LogP contribution in [0.4, 0.5) is 26.3 Å². The number of aliphatic imine (C=N–C) groups is 2. The van der Waals surface area contributed by atoms with Crippen LogP contribution in [-0.2, 0) is 18.8 Å². The summed E-state index contributed by atoms with van der Waals surface area (Å²) >= 11 is 0. The average molecular weight is 862 g/mol. The van der Waals surface area contributed by atoms with Crippen LogP contribution in [0, 0.1) is 25.2 Å². The maximum absolute atomic E-state index is 15.3. The number of aryl methyl sites for hydroxylation is 2. The van der Waals surface area contributed by atoms with Crippen LogP contribution < -0.4 is 15.9 Å². The van der Waals surface area contributed by atoms with Gasteiger partial charge in [0.25, 0.3) is 0 Å². The van der Waals surface area contributed by atoms with Gasteiger partial charge in [-0.05, 0) is 93.8 Å². The minimum absolute atomic E-state index is 0.0663. The molecule has 0 atom stereocenters. The highest BCUT2D eigenvalue weighted by Crippen LogP contribution is 2.45. The second-order valence-electron chi connectivity index (χ2n) is 15.7. The molecule has 8 aromatic rings. The van der Waals surface area contributed by atoms with Crippen molar-refractivity contribution < 1.29 is 26.3 Å². The molecule has 1 N–H and O–H groups in total. The monoisotopic (exact) mass is 861 g/mol. The molecule has 15 heteroatoms. The van der Waals surface area contributed by atoms with E-state index in [1.807, 2.05) is 78.2 Å². The molecule has 316 valence electrons. The topological polar surface area (TPSA) is 109 Å². The van der Waals surface area contributed by atoms with Gasteiger partial charge < -0.3 is 14.5 Å².